The minimum absolute atomic E-state index is 0. The van der Waals surface area contributed by atoms with Gasteiger partial charge in [-0.1, -0.05) is 6.92 Å². The van der Waals surface area contributed by atoms with Crippen molar-refractivity contribution in [3.8, 4) is 0 Å². The van der Waals surface area contributed by atoms with Gasteiger partial charge in [-0.15, -0.1) is 34.2 Å². The minimum Gasteiger partial charge on any atom is -0.379 e. The second-order valence-corrected chi connectivity index (χ2v) is 8.70. The van der Waals surface area contributed by atoms with Gasteiger partial charge in [-0.05, 0) is 39.3 Å². The highest BCUT2D eigenvalue weighted by atomic mass is 127. The van der Waals surface area contributed by atoms with Crippen LogP contribution in [-0.2, 0) is 18.3 Å². The smallest absolute Gasteiger partial charge is 0.194 e. The predicted molar refractivity (Wildman–Crippen MR) is 133 cm³/mol. The molecule has 176 valence electrons. The monoisotopic (exact) mass is 546 g/mol. The van der Waals surface area contributed by atoms with E-state index < -0.39 is 0 Å². The second-order valence-electron chi connectivity index (χ2n) is 8.70. The van der Waals surface area contributed by atoms with Crippen LogP contribution in [0.3, 0.4) is 0 Å². The summed E-state index contributed by atoms with van der Waals surface area (Å²) in [5.41, 5.74) is 0. The zero-order chi connectivity index (χ0) is 20.9. The lowest BCUT2D eigenvalue weighted by atomic mass is 10.2. The fourth-order valence-electron chi connectivity index (χ4n) is 4.93. The van der Waals surface area contributed by atoms with Gasteiger partial charge in [0.15, 0.2) is 11.8 Å². The van der Waals surface area contributed by atoms with Crippen molar-refractivity contribution in [2.24, 2.45) is 12.0 Å². The number of likely N-dealkylation sites (tertiary alicyclic amines) is 2. The Hall–Kier alpha value is -0.980. The van der Waals surface area contributed by atoms with Gasteiger partial charge in [-0.2, -0.15) is 0 Å². The quantitative estimate of drug-likeness (QED) is 0.325. The lowest BCUT2D eigenvalue weighted by molar-refractivity contribution is 0.0194. The van der Waals surface area contributed by atoms with Crippen molar-refractivity contribution in [3.05, 3.63) is 11.6 Å². The Morgan fingerprint density at radius 2 is 1.97 bits per heavy atom. The average Bonchev–Trinajstić information content (AvgIpc) is 3.51. The van der Waals surface area contributed by atoms with E-state index in [1.54, 1.807) is 0 Å². The van der Waals surface area contributed by atoms with Gasteiger partial charge in [0.1, 0.15) is 12.4 Å². The number of halogens is 1. The predicted octanol–water partition coefficient (Wildman–Crippen LogP) is 1.08. The highest BCUT2D eigenvalue weighted by molar-refractivity contribution is 14.0. The standard InChI is InChI=1S/C21H38N8O.HI/c1-4-27-8-5-6-18(27)14-22-21(23-15-20-25-24-17(2)26(20)3)29-9-7-19(16-29)28-10-12-30-13-11-28;/h18-19H,4-16H2,1-3H3,(H,22,23);1H. The molecule has 0 saturated carbocycles. The van der Waals surface area contributed by atoms with Crippen molar-refractivity contribution in [1.29, 1.82) is 0 Å². The molecule has 9 nitrogen and oxygen atoms in total. The topological polar surface area (TPSA) is 74.0 Å². The number of nitrogens with one attached hydrogen (secondary N) is 1. The van der Waals surface area contributed by atoms with Crippen molar-refractivity contribution in [2.75, 3.05) is 59.0 Å². The summed E-state index contributed by atoms with van der Waals surface area (Å²) in [4.78, 5) is 12.6. The molecular weight excluding hydrogens is 507 g/mol. The molecule has 31 heavy (non-hydrogen) atoms. The molecule has 10 heteroatoms. The van der Waals surface area contributed by atoms with E-state index in [0.717, 1.165) is 70.1 Å². The number of aliphatic imine (C=N–C) groups is 1. The first-order valence-electron chi connectivity index (χ1n) is 11.6. The van der Waals surface area contributed by atoms with Gasteiger partial charge in [0.2, 0.25) is 0 Å². The molecule has 0 aromatic carbocycles. The second kappa shape index (κ2) is 11.8. The molecule has 1 aromatic heterocycles. The maximum Gasteiger partial charge on any atom is 0.194 e. The third-order valence-electron chi connectivity index (χ3n) is 6.98. The van der Waals surface area contributed by atoms with Crippen molar-refractivity contribution in [3.63, 3.8) is 0 Å². The zero-order valence-corrected chi connectivity index (χ0v) is 21.6. The number of nitrogens with zero attached hydrogens (tertiary/aromatic N) is 7. The summed E-state index contributed by atoms with van der Waals surface area (Å²) in [6, 6.07) is 1.20. The van der Waals surface area contributed by atoms with Crippen molar-refractivity contribution in [2.45, 2.75) is 51.7 Å². The molecule has 0 spiro atoms. The summed E-state index contributed by atoms with van der Waals surface area (Å²) in [5.74, 6) is 2.86. The molecule has 3 aliphatic rings. The molecule has 1 aromatic rings. The molecule has 4 heterocycles. The lowest BCUT2D eigenvalue weighted by Crippen LogP contribution is -2.48. The van der Waals surface area contributed by atoms with Gasteiger partial charge < -0.3 is 19.5 Å². The number of guanidine groups is 1. The summed E-state index contributed by atoms with van der Waals surface area (Å²) in [6.07, 6.45) is 3.76. The molecule has 3 saturated heterocycles. The normalized spacial score (nSPS) is 25.8. The van der Waals surface area contributed by atoms with Gasteiger partial charge in [0.05, 0.1) is 13.2 Å². The molecule has 4 rings (SSSR count). The Balaban J connectivity index is 0.00000272. The van der Waals surface area contributed by atoms with E-state index in [9.17, 15) is 0 Å². The van der Waals surface area contributed by atoms with Crippen LogP contribution in [0.1, 0.15) is 37.8 Å². The number of aromatic nitrogens is 3. The van der Waals surface area contributed by atoms with Crippen LogP contribution in [0.2, 0.25) is 0 Å². The molecule has 0 bridgehead atoms. The first-order valence-corrected chi connectivity index (χ1v) is 11.6. The van der Waals surface area contributed by atoms with Gasteiger partial charge >= 0.3 is 0 Å². The van der Waals surface area contributed by atoms with Crippen LogP contribution < -0.4 is 5.32 Å². The van der Waals surface area contributed by atoms with E-state index in [-0.39, 0.29) is 24.0 Å². The fraction of sp³-hybridized carbons (Fsp3) is 0.857. The largest absolute Gasteiger partial charge is 0.379 e. The zero-order valence-electron chi connectivity index (χ0n) is 19.3. The van der Waals surface area contributed by atoms with Crippen molar-refractivity contribution < 1.29 is 4.74 Å². The van der Waals surface area contributed by atoms with E-state index >= 15 is 0 Å². The van der Waals surface area contributed by atoms with E-state index in [1.165, 1.54) is 25.8 Å². The van der Waals surface area contributed by atoms with Crippen LogP contribution in [0, 0.1) is 6.92 Å². The molecule has 3 aliphatic heterocycles. The van der Waals surface area contributed by atoms with E-state index in [2.05, 4.69) is 37.1 Å². The van der Waals surface area contributed by atoms with Crippen LogP contribution >= 0.6 is 24.0 Å². The van der Waals surface area contributed by atoms with Crippen LogP contribution in [0.15, 0.2) is 4.99 Å². The Morgan fingerprint density at radius 1 is 1.16 bits per heavy atom. The molecule has 0 aliphatic carbocycles. The van der Waals surface area contributed by atoms with Crippen molar-refractivity contribution in [1.82, 2.24) is 34.8 Å². The molecule has 2 atom stereocenters. The molecule has 0 radical (unpaired) electrons. The summed E-state index contributed by atoms with van der Waals surface area (Å²) in [5, 5.41) is 12.2. The minimum atomic E-state index is 0. The highest BCUT2D eigenvalue weighted by Gasteiger charge is 2.31. The maximum absolute atomic E-state index is 5.54. The molecule has 1 N–H and O–H groups in total. The lowest BCUT2D eigenvalue weighted by Gasteiger charge is -2.32. The van der Waals surface area contributed by atoms with E-state index in [1.807, 2.05) is 18.5 Å². The van der Waals surface area contributed by atoms with Gasteiger partial charge in [-0.3, -0.25) is 9.80 Å². The van der Waals surface area contributed by atoms with Crippen molar-refractivity contribution >= 4 is 29.9 Å². The Labute approximate surface area is 203 Å². The summed E-state index contributed by atoms with van der Waals surface area (Å²) >= 11 is 0. The average molecular weight is 547 g/mol. The number of rotatable bonds is 6. The molecule has 0 amide bonds. The summed E-state index contributed by atoms with van der Waals surface area (Å²) in [7, 11) is 2.01. The first-order chi connectivity index (χ1) is 14.7. The van der Waals surface area contributed by atoms with Gasteiger partial charge in [0.25, 0.3) is 0 Å². The van der Waals surface area contributed by atoms with Gasteiger partial charge in [-0.25, -0.2) is 4.99 Å². The van der Waals surface area contributed by atoms with E-state index in [0.29, 0.717) is 18.6 Å². The number of hydrogen-bond acceptors (Lipinski definition) is 6. The fourth-order valence-corrected chi connectivity index (χ4v) is 4.93. The molecule has 3 fully saturated rings. The van der Waals surface area contributed by atoms with E-state index in [4.69, 9.17) is 9.73 Å². The Kier molecular flexibility index (Phi) is 9.35. The third kappa shape index (κ3) is 6.08. The highest BCUT2D eigenvalue weighted by Crippen LogP contribution is 2.19. The molecular formula is C21H39IN8O. The maximum atomic E-state index is 5.54. The third-order valence-corrected chi connectivity index (χ3v) is 6.98. The SMILES string of the molecule is CCN1CCCC1CNC(=NCc1nnc(C)n1C)N1CCC(N2CCOCC2)C1.I. The van der Waals surface area contributed by atoms with Crippen LogP contribution in [-0.4, -0.2) is 107 Å². The number of aryl methyl sites for hydroxylation is 1. The van der Waals surface area contributed by atoms with Gasteiger partial charge in [0, 0.05) is 51.9 Å². The number of morpholine rings is 1. The first kappa shape index (κ1) is 24.7. The van der Waals surface area contributed by atoms with Crippen LogP contribution in [0.25, 0.3) is 0 Å². The summed E-state index contributed by atoms with van der Waals surface area (Å²) < 4.78 is 7.56. The number of ether oxygens (including phenoxy) is 1. The van der Waals surface area contributed by atoms with Crippen LogP contribution in [0.4, 0.5) is 0 Å². The molecule has 2 unspecified atom stereocenters. The van der Waals surface area contributed by atoms with Crippen LogP contribution in [0.5, 0.6) is 0 Å². The number of hydrogen-bond donors (Lipinski definition) is 1. The number of likely N-dealkylation sites (N-methyl/N-ethyl adjacent to an activating group) is 1. The summed E-state index contributed by atoms with van der Waals surface area (Å²) in [6.45, 7) is 14.0. The Morgan fingerprint density at radius 3 is 2.68 bits per heavy atom. The Bertz CT molecular complexity index is 720.